The Morgan fingerprint density at radius 2 is 1.93 bits per heavy atom. The van der Waals surface area contributed by atoms with E-state index >= 15 is 0 Å². The van der Waals surface area contributed by atoms with Gasteiger partial charge in [-0.15, -0.1) is 0 Å². The van der Waals surface area contributed by atoms with Gasteiger partial charge in [-0.25, -0.2) is 4.39 Å². The molecule has 2 aromatic rings. The summed E-state index contributed by atoms with van der Waals surface area (Å²) in [6.45, 7) is 2.77. The highest BCUT2D eigenvalue weighted by Crippen LogP contribution is 2.29. The highest BCUT2D eigenvalue weighted by molar-refractivity contribution is 9.10. The van der Waals surface area contributed by atoms with Crippen molar-refractivity contribution in [3.05, 3.63) is 69.6 Å². The van der Waals surface area contributed by atoms with E-state index in [9.17, 15) is 9.18 Å². The first-order valence-electron chi connectivity index (χ1n) is 8.38. The van der Waals surface area contributed by atoms with Crippen LogP contribution in [0.25, 0.3) is 6.08 Å². The molecular formula is C20H18BrFN2O2S. The van der Waals surface area contributed by atoms with Crippen LogP contribution >= 0.6 is 28.1 Å². The predicted octanol–water partition coefficient (Wildman–Crippen LogP) is 4.59. The van der Waals surface area contributed by atoms with E-state index in [2.05, 4.69) is 15.9 Å². The van der Waals surface area contributed by atoms with E-state index in [1.165, 1.54) is 12.1 Å². The van der Waals surface area contributed by atoms with Gasteiger partial charge < -0.3 is 9.64 Å². The quantitative estimate of drug-likeness (QED) is 0.494. The number of hydrogen-bond donors (Lipinski definition) is 0. The fourth-order valence-electron chi connectivity index (χ4n) is 2.71. The van der Waals surface area contributed by atoms with Crippen LogP contribution in [0.4, 0.5) is 4.39 Å². The second kappa shape index (κ2) is 8.19. The molecule has 0 radical (unpaired) electrons. The van der Waals surface area contributed by atoms with Crippen LogP contribution in [0, 0.1) is 5.82 Å². The van der Waals surface area contributed by atoms with Crippen molar-refractivity contribution in [2.24, 2.45) is 0 Å². The van der Waals surface area contributed by atoms with Crippen LogP contribution in [0.1, 0.15) is 18.1 Å². The molecule has 1 fully saturated rings. The summed E-state index contributed by atoms with van der Waals surface area (Å²) in [5, 5.41) is 0.507. The van der Waals surface area contributed by atoms with Crippen LogP contribution in [-0.4, -0.2) is 34.4 Å². The third-order valence-electron chi connectivity index (χ3n) is 4.23. The standard InChI is InChI=1S/C20H18BrFN2O2S/c1-3-24-19(25)17(23(2)20(24)27)11-14-6-9-18(16(21)10-14)26-12-13-4-7-15(22)8-5-13/h4-11H,3,12H2,1-2H3. The Morgan fingerprint density at radius 3 is 2.52 bits per heavy atom. The van der Waals surface area contributed by atoms with Gasteiger partial charge in [-0.3, -0.25) is 9.69 Å². The lowest BCUT2D eigenvalue weighted by molar-refractivity contribution is -0.122. The fourth-order valence-corrected chi connectivity index (χ4v) is 3.53. The largest absolute Gasteiger partial charge is 0.488 e. The van der Waals surface area contributed by atoms with Gasteiger partial charge in [0.2, 0.25) is 0 Å². The average Bonchev–Trinajstić information content (AvgIpc) is 2.85. The molecule has 0 saturated carbocycles. The molecule has 140 valence electrons. The Labute approximate surface area is 171 Å². The summed E-state index contributed by atoms with van der Waals surface area (Å²) in [5.74, 6) is 0.293. The normalized spacial score (nSPS) is 15.8. The molecule has 0 aromatic heterocycles. The number of benzene rings is 2. The van der Waals surface area contributed by atoms with Crippen LogP contribution in [-0.2, 0) is 11.4 Å². The first kappa shape index (κ1) is 19.5. The highest BCUT2D eigenvalue weighted by atomic mass is 79.9. The maximum absolute atomic E-state index is 13.0. The molecule has 4 nitrogen and oxygen atoms in total. The first-order chi connectivity index (χ1) is 12.9. The van der Waals surface area contributed by atoms with Gasteiger partial charge in [-0.2, -0.15) is 0 Å². The van der Waals surface area contributed by atoms with E-state index < -0.39 is 0 Å². The minimum Gasteiger partial charge on any atom is -0.488 e. The maximum Gasteiger partial charge on any atom is 0.276 e. The Kier molecular flexibility index (Phi) is 5.92. The Balaban J connectivity index is 1.75. The van der Waals surface area contributed by atoms with Gasteiger partial charge in [0.1, 0.15) is 23.9 Å². The number of ether oxygens (including phenoxy) is 1. The summed E-state index contributed by atoms with van der Waals surface area (Å²) in [6.07, 6.45) is 1.80. The summed E-state index contributed by atoms with van der Waals surface area (Å²) >= 11 is 8.81. The third kappa shape index (κ3) is 4.20. The summed E-state index contributed by atoms with van der Waals surface area (Å²) in [6, 6.07) is 11.8. The molecular weight excluding hydrogens is 431 g/mol. The van der Waals surface area contributed by atoms with E-state index in [4.69, 9.17) is 17.0 Å². The van der Waals surface area contributed by atoms with E-state index in [1.54, 1.807) is 35.1 Å². The lowest BCUT2D eigenvalue weighted by atomic mass is 10.1. The number of halogens is 2. The number of rotatable bonds is 5. The lowest BCUT2D eigenvalue weighted by Gasteiger charge is -2.13. The molecule has 3 rings (SSSR count). The summed E-state index contributed by atoms with van der Waals surface area (Å²) < 4.78 is 19.5. The number of amides is 1. The van der Waals surface area contributed by atoms with Gasteiger partial charge in [0, 0.05) is 13.6 Å². The third-order valence-corrected chi connectivity index (χ3v) is 5.34. The van der Waals surface area contributed by atoms with Crippen molar-refractivity contribution in [2.45, 2.75) is 13.5 Å². The number of carbonyl (C=O) groups excluding carboxylic acids is 1. The SMILES string of the molecule is CCN1C(=O)C(=Cc2ccc(OCc3ccc(F)cc3)c(Br)c2)N(C)C1=S. The van der Waals surface area contributed by atoms with E-state index in [0.29, 0.717) is 29.7 Å². The number of carbonyl (C=O) groups is 1. The van der Waals surface area contributed by atoms with Gasteiger partial charge in [0.25, 0.3) is 5.91 Å². The Morgan fingerprint density at radius 1 is 1.22 bits per heavy atom. The van der Waals surface area contributed by atoms with Crippen LogP contribution < -0.4 is 4.74 Å². The van der Waals surface area contributed by atoms with E-state index in [0.717, 1.165) is 15.6 Å². The lowest BCUT2D eigenvalue weighted by Crippen LogP contribution is -2.30. The minimum absolute atomic E-state index is 0.0993. The molecule has 1 aliphatic heterocycles. The topological polar surface area (TPSA) is 32.8 Å². The molecule has 1 heterocycles. The number of thiocarbonyl (C=S) groups is 1. The molecule has 7 heteroatoms. The van der Waals surface area contributed by atoms with E-state index in [-0.39, 0.29) is 11.7 Å². The monoisotopic (exact) mass is 448 g/mol. The second-order valence-electron chi connectivity index (χ2n) is 6.03. The molecule has 0 bridgehead atoms. The van der Waals surface area contributed by atoms with Crippen molar-refractivity contribution in [3.8, 4) is 5.75 Å². The molecule has 0 N–H and O–H groups in total. The van der Waals surface area contributed by atoms with Crippen molar-refractivity contribution < 1.29 is 13.9 Å². The van der Waals surface area contributed by atoms with Crippen LogP contribution in [0.2, 0.25) is 0 Å². The van der Waals surface area contributed by atoms with Gasteiger partial charge in [0.05, 0.1) is 4.47 Å². The van der Waals surface area contributed by atoms with Crippen LogP contribution in [0.15, 0.2) is 52.6 Å². The van der Waals surface area contributed by atoms with E-state index in [1.807, 2.05) is 25.1 Å². The molecule has 0 aliphatic carbocycles. The van der Waals surface area contributed by atoms with Crippen molar-refractivity contribution >= 4 is 45.2 Å². The number of likely N-dealkylation sites (N-methyl/N-ethyl adjacent to an activating group) is 2. The van der Waals surface area contributed by atoms with Crippen LogP contribution in [0.5, 0.6) is 5.75 Å². The van der Waals surface area contributed by atoms with Gasteiger partial charge in [-0.1, -0.05) is 18.2 Å². The highest BCUT2D eigenvalue weighted by Gasteiger charge is 2.34. The molecule has 0 spiro atoms. The number of nitrogens with zero attached hydrogens (tertiary/aromatic N) is 2. The summed E-state index contributed by atoms with van der Waals surface area (Å²) in [5.41, 5.74) is 2.27. The van der Waals surface area contributed by atoms with Gasteiger partial charge in [0.15, 0.2) is 5.11 Å². The molecule has 1 saturated heterocycles. The molecule has 27 heavy (non-hydrogen) atoms. The first-order valence-corrected chi connectivity index (χ1v) is 9.59. The van der Waals surface area contributed by atoms with Crippen molar-refractivity contribution in [1.29, 1.82) is 0 Å². The molecule has 0 atom stereocenters. The minimum atomic E-state index is -0.273. The predicted molar refractivity (Wildman–Crippen MR) is 111 cm³/mol. The van der Waals surface area contributed by atoms with Gasteiger partial charge >= 0.3 is 0 Å². The second-order valence-corrected chi connectivity index (χ2v) is 7.25. The Hall–Kier alpha value is -2.25. The maximum atomic E-state index is 13.0. The molecule has 1 aliphatic rings. The fraction of sp³-hybridized carbons (Fsp3) is 0.200. The molecule has 0 unspecified atom stereocenters. The zero-order chi connectivity index (χ0) is 19.6. The van der Waals surface area contributed by atoms with Crippen molar-refractivity contribution in [1.82, 2.24) is 9.80 Å². The number of hydrogen-bond acceptors (Lipinski definition) is 3. The summed E-state index contributed by atoms with van der Waals surface area (Å²) in [7, 11) is 1.79. The zero-order valence-electron chi connectivity index (χ0n) is 14.9. The Bertz CT molecular complexity index is 915. The molecule has 1 amide bonds. The van der Waals surface area contributed by atoms with Crippen LogP contribution in [0.3, 0.4) is 0 Å². The zero-order valence-corrected chi connectivity index (χ0v) is 17.3. The van der Waals surface area contributed by atoms with Crippen molar-refractivity contribution in [2.75, 3.05) is 13.6 Å². The average molecular weight is 449 g/mol. The summed E-state index contributed by atoms with van der Waals surface area (Å²) in [4.78, 5) is 15.7. The van der Waals surface area contributed by atoms with Gasteiger partial charge in [-0.05, 0) is 76.5 Å². The smallest absolute Gasteiger partial charge is 0.276 e. The van der Waals surface area contributed by atoms with Crippen molar-refractivity contribution in [3.63, 3.8) is 0 Å². The molecule has 2 aromatic carbocycles.